The second-order valence-electron chi connectivity index (χ2n) is 7.22. The molecule has 2 nitrogen and oxygen atoms in total. The molecule has 3 atom stereocenters. The van der Waals surface area contributed by atoms with Gasteiger partial charge in [-0.15, -0.1) is 0 Å². The van der Waals surface area contributed by atoms with Crippen molar-refractivity contribution < 1.29 is 9.90 Å². The van der Waals surface area contributed by atoms with Crippen LogP contribution in [0, 0.1) is 23.2 Å². The second kappa shape index (κ2) is 3.68. The summed E-state index contributed by atoms with van der Waals surface area (Å²) in [6.45, 7) is 10.3. The molecular formula is C15H24O2. The molecule has 0 aromatic carbocycles. The SMILES string of the molecule is C[C@@H]1C(=O)C=C2[C@H]1CC(C)(C)C[C@H]2C(C)(C)O. The van der Waals surface area contributed by atoms with Crippen LogP contribution in [-0.4, -0.2) is 16.5 Å². The topological polar surface area (TPSA) is 37.3 Å². The van der Waals surface area contributed by atoms with E-state index in [1.54, 1.807) is 0 Å². The summed E-state index contributed by atoms with van der Waals surface area (Å²) < 4.78 is 0. The molecule has 2 rings (SSSR count). The number of fused-ring (bicyclic) bond motifs is 1. The first-order chi connectivity index (χ1) is 7.62. The Balaban J connectivity index is 2.39. The Morgan fingerprint density at radius 2 is 1.94 bits per heavy atom. The predicted octanol–water partition coefficient (Wildman–Crippen LogP) is 2.95. The third kappa shape index (κ3) is 2.20. The van der Waals surface area contributed by atoms with Crippen molar-refractivity contribution >= 4 is 5.78 Å². The number of ketones is 1. The van der Waals surface area contributed by atoms with Crippen molar-refractivity contribution in [3.8, 4) is 0 Å². The van der Waals surface area contributed by atoms with Crippen molar-refractivity contribution in [3.63, 3.8) is 0 Å². The minimum Gasteiger partial charge on any atom is -0.390 e. The van der Waals surface area contributed by atoms with E-state index >= 15 is 0 Å². The third-order valence-corrected chi connectivity index (χ3v) is 4.57. The first-order valence-electron chi connectivity index (χ1n) is 6.59. The van der Waals surface area contributed by atoms with E-state index in [0.717, 1.165) is 12.8 Å². The average molecular weight is 236 g/mol. The summed E-state index contributed by atoms with van der Waals surface area (Å²) >= 11 is 0. The van der Waals surface area contributed by atoms with E-state index < -0.39 is 5.60 Å². The van der Waals surface area contributed by atoms with Crippen LogP contribution >= 0.6 is 0 Å². The lowest BCUT2D eigenvalue weighted by Crippen LogP contribution is -2.42. The molecule has 0 amide bonds. The van der Waals surface area contributed by atoms with Crippen LogP contribution in [0.5, 0.6) is 0 Å². The van der Waals surface area contributed by atoms with Gasteiger partial charge in [0.25, 0.3) is 0 Å². The van der Waals surface area contributed by atoms with Crippen LogP contribution in [0.1, 0.15) is 47.5 Å². The van der Waals surface area contributed by atoms with Crippen LogP contribution in [0.4, 0.5) is 0 Å². The molecule has 1 fully saturated rings. The highest BCUT2D eigenvalue weighted by molar-refractivity contribution is 5.95. The van der Waals surface area contributed by atoms with E-state index in [1.165, 1.54) is 5.57 Å². The third-order valence-electron chi connectivity index (χ3n) is 4.57. The van der Waals surface area contributed by atoms with Gasteiger partial charge in [0.15, 0.2) is 5.78 Å². The van der Waals surface area contributed by atoms with Gasteiger partial charge in [-0.25, -0.2) is 0 Å². The highest BCUT2D eigenvalue weighted by Crippen LogP contribution is 2.53. The van der Waals surface area contributed by atoms with Crippen LogP contribution in [0.15, 0.2) is 11.6 Å². The van der Waals surface area contributed by atoms with Gasteiger partial charge in [0.2, 0.25) is 0 Å². The van der Waals surface area contributed by atoms with E-state index in [2.05, 4.69) is 13.8 Å². The molecule has 0 aliphatic heterocycles. The summed E-state index contributed by atoms with van der Waals surface area (Å²) in [6.07, 6.45) is 3.85. The molecule has 17 heavy (non-hydrogen) atoms. The van der Waals surface area contributed by atoms with Gasteiger partial charge in [-0.1, -0.05) is 26.3 Å². The highest BCUT2D eigenvalue weighted by Gasteiger charge is 2.48. The van der Waals surface area contributed by atoms with Gasteiger partial charge in [-0.2, -0.15) is 0 Å². The molecular weight excluding hydrogens is 212 g/mol. The van der Waals surface area contributed by atoms with Crippen LogP contribution in [0.2, 0.25) is 0 Å². The molecule has 0 spiro atoms. The van der Waals surface area contributed by atoms with E-state index in [1.807, 2.05) is 26.8 Å². The number of aliphatic hydroxyl groups is 1. The van der Waals surface area contributed by atoms with Gasteiger partial charge in [0, 0.05) is 11.8 Å². The maximum Gasteiger partial charge on any atom is 0.159 e. The summed E-state index contributed by atoms with van der Waals surface area (Å²) in [5.41, 5.74) is 0.687. The number of hydrogen-bond donors (Lipinski definition) is 1. The Hall–Kier alpha value is -0.630. The lowest BCUT2D eigenvalue weighted by atomic mass is 9.60. The standard InChI is InChI=1S/C15H24O2/c1-9-11-7-14(2,3)8-12(15(4,5)17)10(11)6-13(9)16/h6,9,11-12,17H,7-8H2,1-5H3/t9-,11-,12+/m0/s1. The summed E-state index contributed by atoms with van der Waals surface area (Å²) in [7, 11) is 0. The fraction of sp³-hybridized carbons (Fsp3) is 0.800. The van der Waals surface area contributed by atoms with Gasteiger partial charge in [0.1, 0.15) is 0 Å². The zero-order valence-corrected chi connectivity index (χ0v) is 11.6. The molecule has 2 aliphatic carbocycles. The summed E-state index contributed by atoms with van der Waals surface area (Å²) in [6, 6.07) is 0. The van der Waals surface area contributed by atoms with E-state index in [9.17, 15) is 9.90 Å². The number of carbonyl (C=O) groups excluding carboxylic acids is 1. The number of carbonyl (C=O) groups is 1. The van der Waals surface area contributed by atoms with Crippen molar-refractivity contribution in [1.82, 2.24) is 0 Å². The minimum absolute atomic E-state index is 0.106. The monoisotopic (exact) mass is 236 g/mol. The smallest absolute Gasteiger partial charge is 0.159 e. The molecule has 96 valence electrons. The maximum absolute atomic E-state index is 11.9. The predicted molar refractivity (Wildman–Crippen MR) is 68.5 cm³/mol. The molecule has 0 aromatic heterocycles. The van der Waals surface area contributed by atoms with Crippen LogP contribution in [-0.2, 0) is 4.79 Å². The molecule has 0 unspecified atom stereocenters. The molecule has 2 aliphatic rings. The maximum atomic E-state index is 11.9. The van der Waals surface area contributed by atoms with E-state index in [4.69, 9.17) is 0 Å². The number of hydrogen-bond acceptors (Lipinski definition) is 2. The number of rotatable bonds is 1. The fourth-order valence-corrected chi connectivity index (χ4v) is 3.55. The zero-order chi connectivity index (χ0) is 13.0. The minimum atomic E-state index is -0.730. The Kier molecular flexibility index (Phi) is 2.77. The molecule has 0 heterocycles. The number of allylic oxidation sites excluding steroid dienone is 1. The summed E-state index contributed by atoms with van der Waals surface area (Å²) in [5.74, 6) is 0.833. The van der Waals surface area contributed by atoms with Crippen LogP contribution in [0.3, 0.4) is 0 Å². The first-order valence-corrected chi connectivity index (χ1v) is 6.59. The second-order valence-corrected chi connectivity index (χ2v) is 7.22. The lowest BCUT2D eigenvalue weighted by molar-refractivity contribution is -0.118. The normalized spacial score (nSPS) is 36.7. The molecule has 1 N–H and O–H groups in total. The summed E-state index contributed by atoms with van der Waals surface area (Å²) in [4.78, 5) is 11.9. The van der Waals surface area contributed by atoms with Gasteiger partial charge in [-0.3, -0.25) is 4.79 Å². The van der Waals surface area contributed by atoms with Crippen LogP contribution in [0.25, 0.3) is 0 Å². The molecule has 2 heteroatoms. The average Bonchev–Trinajstić information content (AvgIpc) is 2.41. The van der Waals surface area contributed by atoms with E-state index in [-0.39, 0.29) is 23.0 Å². The van der Waals surface area contributed by atoms with Crippen molar-refractivity contribution in [2.24, 2.45) is 23.2 Å². The summed E-state index contributed by atoms with van der Waals surface area (Å²) in [5, 5.41) is 10.3. The first kappa shape index (κ1) is 12.8. The van der Waals surface area contributed by atoms with Gasteiger partial charge < -0.3 is 5.11 Å². The quantitative estimate of drug-likeness (QED) is 0.760. The molecule has 0 aromatic rings. The zero-order valence-electron chi connectivity index (χ0n) is 11.6. The molecule has 0 bridgehead atoms. The van der Waals surface area contributed by atoms with Gasteiger partial charge in [0.05, 0.1) is 5.60 Å². The van der Waals surface area contributed by atoms with E-state index in [0.29, 0.717) is 5.92 Å². The molecule has 0 radical (unpaired) electrons. The van der Waals surface area contributed by atoms with Crippen molar-refractivity contribution in [1.29, 1.82) is 0 Å². The fourth-order valence-electron chi connectivity index (χ4n) is 3.55. The van der Waals surface area contributed by atoms with Crippen molar-refractivity contribution in [3.05, 3.63) is 11.6 Å². The Morgan fingerprint density at radius 1 is 1.35 bits per heavy atom. The van der Waals surface area contributed by atoms with Crippen LogP contribution < -0.4 is 0 Å². The van der Waals surface area contributed by atoms with Gasteiger partial charge in [-0.05, 0) is 44.1 Å². The largest absolute Gasteiger partial charge is 0.390 e. The Bertz CT molecular complexity index is 371. The highest BCUT2D eigenvalue weighted by atomic mass is 16.3. The lowest BCUT2D eigenvalue weighted by Gasteiger charge is -2.46. The molecule has 1 saturated carbocycles. The van der Waals surface area contributed by atoms with Crippen molar-refractivity contribution in [2.75, 3.05) is 0 Å². The Morgan fingerprint density at radius 3 is 2.47 bits per heavy atom. The van der Waals surface area contributed by atoms with Gasteiger partial charge >= 0.3 is 0 Å². The molecule has 0 saturated heterocycles. The Labute approximate surface area is 104 Å². The van der Waals surface area contributed by atoms with Crippen molar-refractivity contribution in [2.45, 2.75) is 53.1 Å².